The van der Waals surface area contributed by atoms with E-state index >= 15 is 0 Å². The molecule has 2 atom stereocenters. The predicted molar refractivity (Wildman–Crippen MR) is 211 cm³/mol. The molecule has 0 spiro atoms. The number of allylic oxidation sites excluding steroid dienone is 2. The number of hydrogen-bond acceptors (Lipinski definition) is 3. The molecule has 0 N–H and O–H groups in total. The quantitative estimate of drug-likeness (QED) is 0.137. The summed E-state index contributed by atoms with van der Waals surface area (Å²) in [5, 5.41) is 3.70. The fourth-order valence-corrected chi connectivity index (χ4v) is 10.9. The molecule has 5 heteroatoms. The maximum absolute atomic E-state index is 6.69. The number of rotatable bonds is 5. The van der Waals surface area contributed by atoms with Crippen LogP contribution in [0, 0.1) is 11.3 Å². The average Bonchev–Trinajstić information content (AvgIpc) is 3.72. The van der Waals surface area contributed by atoms with E-state index in [0.29, 0.717) is 5.71 Å². The Hall–Kier alpha value is -4.09. The number of benzene rings is 2. The van der Waals surface area contributed by atoms with E-state index in [2.05, 4.69) is 112 Å². The summed E-state index contributed by atoms with van der Waals surface area (Å²) in [5.41, 5.74) is 12.3. The summed E-state index contributed by atoms with van der Waals surface area (Å²) in [6.45, 7) is 23.3. The van der Waals surface area contributed by atoms with Gasteiger partial charge in [-0.25, -0.2) is 9.98 Å². The van der Waals surface area contributed by atoms with Crippen molar-refractivity contribution in [2.24, 2.45) is 16.3 Å². The van der Waals surface area contributed by atoms with Crippen molar-refractivity contribution in [3.63, 3.8) is 0 Å². The first-order valence-corrected chi connectivity index (χ1v) is 22.3. The molecule has 2 unspecified atom stereocenters. The summed E-state index contributed by atoms with van der Waals surface area (Å²) >= 11 is 0. The number of nitrogens with zero attached hydrogens (tertiary/aromatic N) is 3. The van der Waals surface area contributed by atoms with Gasteiger partial charge in [-0.15, -0.1) is 0 Å². The van der Waals surface area contributed by atoms with Gasteiger partial charge in [-0.1, -0.05) is 110 Å². The highest BCUT2D eigenvalue weighted by Gasteiger charge is 2.44. The summed E-state index contributed by atoms with van der Waals surface area (Å²) in [6, 6.07) is 20.5. The van der Waals surface area contributed by atoms with Gasteiger partial charge in [0.2, 0.25) is 17.4 Å². The Bertz CT molecular complexity index is 2200. The monoisotopic (exact) mass is 678 g/mol. The second-order valence-electron chi connectivity index (χ2n) is 17.5. The van der Waals surface area contributed by atoms with Crippen LogP contribution in [0.15, 0.2) is 95.1 Å². The Kier molecular flexibility index (Phi) is 8.13. The smallest absolute Gasteiger partial charge is 0.227 e. The van der Waals surface area contributed by atoms with E-state index in [1.54, 1.807) is 10.8 Å². The molecule has 50 heavy (non-hydrogen) atoms. The van der Waals surface area contributed by atoms with Gasteiger partial charge in [0.25, 0.3) is 0 Å². The Labute approximate surface area is 299 Å². The molecule has 2 aromatic carbocycles. The van der Waals surface area contributed by atoms with Crippen LogP contribution in [0.25, 0.3) is 33.3 Å². The van der Waals surface area contributed by atoms with Crippen LogP contribution >= 0.6 is 0 Å². The number of furan rings is 1. The van der Waals surface area contributed by atoms with Crippen molar-refractivity contribution < 1.29 is 8.98 Å². The highest BCUT2D eigenvalue weighted by Crippen LogP contribution is 2.45. The van der Waals surface area contributed by atoms with Gasteiger partial charge < -0.3 is 4.42 Å². The van der Waals surface area contributed by atoms with Crippen LogP contribution in [0.2, 0.25) is 19.6 Å². The van der Waals surface area contributed by atoms with Crippen LogP contribution in [-0.2, 0) is 19.3 Å². The fraction of sp³-hybridized carbons (Fsp3) is 0.400. The minimum absolute atomic E-state index is 0.00702. The van der Waals surface area contributed by atoms with Crippen LogP contribution in [0.5, 0.6) is 0 Å². The second-order valence-corrected chi connectivity index (χ2v) is 22.5. The Morgan fingerprint density at radius 1 is 0.980 bits per heavy atom. The van der Waals surface area contributed by atoms with Gasteiger partial charge in [-0.2, -0.15) is 4.57 Å². The first-order chi connectivity index (χ1) is 23.9. The lowest BCUT2D eigenvalue weighted by Crippen LogP contribution is -2.54. The van der Waals surface area contributed by atoms with Gasteiger partial charge in [-0.05, 0) is 78.0 Å². The van der Waals surface area contributed by atoms with E-state index in [9.17, 15) is 0 Å². The lowest BCUT2D eigenvalue weighted by molar-refractivity contribution is -0.708. The summed E-state index contributed by atoms with van der Waals surface area (Å²) in [7, 11) is -1.67. The number of aliphatic imine (C=N–C) groups is 1. The van der Waals surface area contributed by atoms with Gasteiger partial charge in [0.1, 0.15) is 11.3 Å². The number of fused-ring (bicyclic) bond motifs is 11. The number of pyridine rings is 2. The van der Waals surface area contributed by atoms with E-state index in [4.69, 9.17) is 21.0 Å². The Balaban J connectivity index is 1.30. The number of aryl methyl sites for hydroxylation is 1. The maximum Gasteiger partial charge on any atom is 0.227 e. The fourth-order valence-electron chi connectivity index (χ4n) is 9.22. The third-order valence-electron chi connectivity index (χ3n) is 11.5. The topological polar surface area (TPSA) is 42.3 Å². The van der Waals surface area contributed by atoms with Crippen molar-refractivity contribution in [1.29, 1.82) is 0 Å². The van der Waals surface area contributed by atoms with Gasteiger partial charge in [0, 0.05) is 38.8 Å². The second kappa shape index (κ2) is 12.3. The molecule has 3 aliphatic rings. The highest BCUT2D eigenvalue weighted by atomic mass is 28.3. The molecule has 1 aliphatic carbocycles. The normalized spacial score (nSPS) is 19.6. The summed E-state index contributed by atoms with van der Waals surface area (Å²) in [6.07, 6.45) is 13.9. The lowest BCUT2D eigenvalue weighted by Gasteiger charge is -2.32. The van der Waals surface area contributed by atoms with Crippen LogP contribution < -0.4 is 9.75 Å². The van der Waals surface area contributed by atoms with E-state index in [0.717, 1.165) is 64.2 Å². The zero-order valence-corrected chi connectivity index (χ0v) is 31.9. The van der Waals surface area contributed by atoms with Crippen LogP contribution in [0.3, 0.4) is 0 Å². The molecule has 4 nitrogen and oxygen atoms in total. The minimum atomic E-state index is -1.67. The number of hydrogen-bond donors (Lipinski definition) is 0. The standard InChI is InChI=1S/C45H52N3OSi/c1-9-38-41-30(19-22-36-37-23-20-32(26-45(3,4)5)47-44(37)49-43(36)41)18-21-35-33-16-12-13-17-34(33)39-25-31(24-29-14-10-11-15-29)40(50(6,7)8)27-48(39)42(35)28(2)46-38/h9,12-13,16-17,19-20,22-23,25,27,29,35,42H,1-2,10-11,14-15,18,21,24,26H2,3-8H3/q+1. The van der Waals surface area contributed by atoms with Crippen LogP contribution in [-0.4, -0.2) is 18.8 Å². The summed E-state index contributed by atoms with van der Waals surface area (Å²) < 4.78 is 9.26. The lowest BCUT2D eigenvalue weighted by atomic mass is 9.78. The molecule has 5 heterocycles. The maximum atomic E-state index is 6.69. The van der Waals surface area contributed by atoms with Crippen molar-refractivity contribution in [2.45, 2.75) is 104 Å². The van der Waals surface area contributed by atoms with E-state index in [1.807, 2.05) is 6.08 Å². The van der Waals surface area contributed by atoms with Crippen molar-refractivity contribution in [1.82, 2.24) is 4.98 Å². The average molecular weight is 679 g/mol. The van der Waals surface area contributed by atoms with E-state index in [1.165, 1.54) is 54.5 Å². The molecule has 0 saturated heterocycles. The molecule has 256 valence electrons. The predicted octanol–water partition coefficient (Wildman–Crippen LogP) is 10.6. The SMILES string of the molecule is C=CC1=NC(=C)C2C(CCc3ccc4c(oc5nc(CC(C)(C)C)ccc54)c31)c1ccccc1-c1cc(CC3CCCC3)c([Si](C)(C)C)c[n+]12. The van der Waals surface area contributed by atoms with Crippen molar-refractivity contribution in [2.75, 3.05) is 0 Å². The van der Waals surface area contributed by atoms with E-state index < -0.39 is 8.07 Å². The highest BCUT2D eigenvalue weighted by molar-refractivity contribution is 6.89. The molecule has 1 saturated carbocycles. The third-order valence-corrected chi connectivity index (χ3v) is 13.5. The Morgan fingerprint density at radius 2 is 1.74 bits per heavy atom. The molecule has 3 aromatic heterocycles. The third kappa shape index (κ3) is 5.81. The molecular weight excluding hydrogens is 627 g/mol. The van der Waals surface area contributed by atoms with Crippen molar-refractivity contribution in [3.8, 4) is 11.3 Å². The first-order valence-electron chi connectivity index (χ1n) is 18.8. The summed E-state index contributed by atoms with van der Waals surface area (Å²) in [5.74, 6) is 1.04. The van der Waals surface area contributed by atoms with Gasteiger partial charge in [0.05, 0.1) is 19.7 Å². The first kappa shape index (κ1) is 33.1. The summed E-state index contributed by atoms with van der Waals surface area (Å²) in [4.78, 5) is 10.4. The molecular formula is C45H52N3OSi+. The molecule has 0 radical (unpaired) electrons. The zero-order valence-electron chi connectivity index (χ0n) is 30.9. The van der Waals surface area contributed by atoms with Crippen molar-refractivity contribution in [3.05, 3.63) is 114 Å². The molecule has 8 rings (SSSR count). The molecule has 2 aliphatic heterocycles. The molecule has 5 aromatic rings. The molecule has 1 fully saturated rings. The van der Waals surface area contributed by atoms with Crippen molar-refractivity contribution >= 4 is 41.0 Å². The molecule has 0 bridgehead atoms. The van der Waals surface area contributed by atoms with Gasteiger partial charge >= 0.3 is 0 Å². The van der Waals surface area contributed by atoms with Crippen LogP contribution in [0.1, 0.15) is 92.8 Å². The zero-order chi connectivity index (χ0) is 34.9. The van der Waals surface area contributed by atoms with E-state index in [-0.39, 0.29) is 17.4 Å². The Morgan fingerprint density at radius 3 is 2.48 bits per heavy atom. The number of aromatic nitrogens is 2. The van der Waals surface area contributed by atoms with Gasteiger partial charge in [0.15, 0.2) is 6.20 Å². The minimum Gasteiger partial charge on any atom is -0.437 e. The van der Waals surface area contributed by atoms with Crippen LogP contribution in [0.4, 0.5) is 0 Å². The largest absolute Gasteiger partial charge is 0.437 e. The van der Waals surface area contributed by atoms with Gasteiger partial charge in [-0.3, -0.25) is 0 Å². The molecule has 0 amide bonds.